The van der Waals surface area contributed by atoms with Gasteiger partial charge in [-0.1, -0.05) is 13.8 Å². The molecule has 4 N–H and O–H groups in total. The highest BCUT2D eigenvalue weighted by molar-refractivity contribution is 5.81. The zero-order chi connectivity index (χ0) is 11.3. The van der Waals surface area contributed by atoms with Crippen molar-refractivity contribution >= 4 is 5.91 Å². The Morgan fingerprint density at radius 1 is 1.67 bits per heavy atom. The lowest BCUT2D eigenvalue weighted by Crippen LogP contribution is -2.44. The van der Waals surface area contributed by atoms with E-state index in [1.807, 2.05) is 13.8 Å². The van der Waals surface area contributed by atoms with Crippen molar-refractivity contribution in [1.29, 1.82) is 0 Å². The molecule has 1 amide bonds. The lowest BCUT2D eigenvalue weighted by molar-refractivity contribution is -0.123. The van der Waals surface area contributed by atoms with Crippen molar-refractivity contribution in [3.8, 4) is 0 Å². The maximum absolute atomic E-state index is 11.5. The standard InChI is InChI=1S/C10H18N4O/c1-7(2)9(11)10(15)13-4-3-8-5-12-6-14-8/h5-7,9H,3-4,11H2,1-2H3,(H,12,14)(H,13,15)/t9-/m0/s1. The largest absolute Gasteiger partial charge is 0.354 e. The number of nitrogens with two attached hydrogens (primary N) is 1. The normalized spacial score (nSPS) is 12.8. The highest BCUT2D eigenvalue weighted by Gasteiger charge is 2.16. The van der Waals surface area contributed by atoms with Crippen LogP contribution in [0.1, 0.15) is 19.5 Å². The number of amides is 1. The molecule has 5 heteroatoms. The van der Waals surface area contributed by atoms with E-state index in [4.69, 9.17) is 5.73 Å². The Morgan fingerprint density at radius 2 is 2.40 bits per heavy atom. The van der Waals surface area contributed by atoms with E-state index < -0.39 is 6.04 Å². The molecule has 0 aromatic carbocycles. The number of aromatic amines is 1. The minimum atomic E-state index is -0.424. The molecule has 1 rings (SSSR count). The number of H-pyrrole nitrogens is 1. The highest BCUT2D eigenvalue weighted by atomic mass is 16.2. The number of aromatic nitrogens is 2. The van der Waals surface area contributed by atoms with E-state index in [-0.39, 0.29) is 11.8 Å². The number of carbonyl (C=O) groups is 1. The molecule has 0 aliphatic heterocycles. The molecule has 1 atom stereocenters. The summed E-state index contributed by atoms with van der Waals surface area (Å²) < 4.78 is 0. The molecule has 0 aliphatic carbocycles. The molecule has 0 spiro atoms. The Kier molecular flexibility index (Phi) is 4.30. The second-order valence-electron chi connectivity index (χ2n) is 3.89. The van der Waals surface area contributed by atoms with Gasteiger partial charge in [0.2, 0.25) is 5.91 Å². The van der Waals surface area contributed by atoms with Crippen LogP contribution in [-0.2, 0) is 11.2 Å². The predicted octanol–water partition coefficient (Wildman–Crippen LogP) is 0.0517. The van der Waals surface area contributed by atoms with Crippen molar-refractivity contribution in [2.45, 2.75) is 26.3 Å². The summed E-state index contributed by atoms with van der Waals surface area (Å²) in [5, 5.41) is 2.79. The number of imidazole rings is 1. The minimum Gasteiger partial charge on any atom is -0.354 e. The molecular weight excluding hydrogens is 192 g/mol. The molecule has 0 fully saturated rings. The number of nitrogens with zero attached hydrogens (tertiary/aromatic N) is 1. The third kappa shape index (κ3) is 3.71. The van der Waals surface area contributed by atoms with Crippen LogP contribution in [-0.4, -0.2) is 28.5 Å². The summed E-state index contributed by atoms with van der Waals surface area (Å²) in [6, 6.07) is -0.424. The molecule has 1 aromatic rings. The van der Waals surface area contributed by atoms with Gasteiger partial charge in [-0.15, -0.1) is 0 Å². The predicted molar refractivity (Wildman–Crippen MR) is 58.1 cm³/mol. The van der Waals surface area contributed by atoms with Gasteiger partial charge in [0, 0.05) is 24.9 Å². The third-order valence-electron chi connectivity index (χ3n) is 2.27. The quantitative estimate of drug-likeness (QED) is 0.642. The Morgan fingerprint density at radius 3 is 2.93 bits per heavy atom. The van der Waals surface area contributed by atoms with Crippen LogP contribution < -0.4 is 11.1 Å². The van der Waals surface area contributed by atoms with E-state index in [0.717, 1.165) is 12.1 Å². The number of rotatable bonds is 5. The lowest BCUT2D eigenvalue weighted by Gasteiger charge is -2.14. The van der Waals surface area contributed by atoms with E-state index >= 15 is 0 Å². The third-order valence-corrected chi connectivity index (χ3v) is 2.27. The first-order valence-corrected chi connectivity index (χ1v) is 5.12. The molecule has 1 heterocycles. The monoisotopic (exact) mass is 210 g/mol. The van der Waals surface area contributed by atoms with Crippen molar-refractivity contribution in [3.63, 3.8) is 0 Å². The molecule has 84 valence electrons. The van der Waals surface area contributed by atoms with Crippen LogP contribution in [0, 0.1) is 5.92 Å². The van der Waals surface area contributed by atoms with E-state index in [9.17, 15) is 4.79 Å². The van der Waals surface area contributed by atoms with Crippen LogP contribution in [0.15, 0.2) is 12.5 Å². The SMILES string of the molecule is CC(C)[C@H](N)C(=O)NCCc1cnc[nH]1. The van der Waals surface area contributed by atoms with Crippen molar-refractivity contribution in [1.82, 2.24) is 15.3 Å². The van der Waals surface area contributed by atoms with Gasteiger partial charge in [-0.25, -0.2) is 4.98 Å². The highest BCUT2D eigenvalue weighted by Crippen LogP contribution is 1.98. The average Bonchev–Trinajstić information content (AvgIpc) is 2.69. The first-order valence-electron chi connectivity index (χ1n) is 5.12. The second-order valence-corrected chi connectivity index (χ2v) is 3.89. The molecule has 0 aliphatic rings. The fraction of sp³-hybridized carbons (Fsp3) is 0.600. The van der Waals surface area contributed by atoms with Crippen LogP contribution >= 0.6 is 0 Å². The topological polar surface area (TPSA) is 83.8 Å². The van der Waals surface area contributed by atoms with Crippen molar-refractivity contribution in [3.05, 3.63) is 18.2 Å². The van der Waals surface area contributed by atoms with Gasteiger partial charge >= 0.3 is 0 Å². The van der Waals surface area contributed by atoms with Crippen LogP contribution in [0.5, 0.6) is 0 Å². The fourth-order valence-corrected chi connectivity index (χ4v) is 1.16. The fourth-order valence-electron chi connectivity index (χ4n) is 1.16. The van der Waals surface area contributed by atoms with Crippen molar-refractivity contribution < 1.29 is 4.79 Å². The summed E-state index contributed by atoms with van der Waals surface area (Å²) in [6.45, 7) is 4.44. The Hall–Kier alpha value is -1.36. The molecule has 0 saturated heterocycles. The Bertz CT molecular complexity index is 294. The molecule has 15 heavy (non-hydrogen) atoms. The van der Waals surface area contributed by atoms with Gasteiger partial charge in [0.1, 0.15) is 0 Å². The smallest absolute Gasteiger partial charge is 0.237 e. The van der Waals surface area contributed by atoms with Gasteiger partial charge < -0.3 is 16.0 Å². The van der Waals surface area contributed by atoms with E-state index in [1.165, 1.54) is 0 Å². The van der Waals surface area contributed by atoms with E-state index in [2.05, 4.69) is 15.3 Å². The Labute approximate surface area is 89.5 Å². The second kappa shape index (κ2) is 5.50. The zero-order valence-electron chi connectivity index (χ0n) is 9.16. The molecule has 1 aromatic heterocycles. The minimum absolute atomic E-state index is 0.0930. The number of hydrogen-bond donors (Lipinski definition) is 3. The Balaban J connectivity index is 2.23. The maximum atomic E-state index is 11.5. The molecule has 0 unspecified atom stereocenters. The van der Waals surface area contributed by atoms with E-state index in [1.54, 1.807) is 12.5 Å². The van der Waals surface area contributed by atoms with Crippen molar-refractivity contribution in [2.24, 2.45) is 11.7 Å². The van der Waals surface area contributed by atoms with Crippen LogP contribution in [0.25, 0.3) is 0 Å². The van der Waals surface area contributed by atoms with Gasteiger partial charge in [-0.3, -0.25) is 4.79 Å². The lowest BCUT2D eigenvalue weighted by atomic mass is 10.1. The van der Waals surface area contributed by atoms with Gasteiger partial charge in [0.15, 0.2) is 0 Å². The van der Waals surface area contributed by atoms with Gasteiger partial charge in [0.25, 0.3) is 0 Å². The molecule has 0 saturated carbocycles. The number of hydrogen-bond acceptors (Lipinski definition) is 3. The van der Waals surface area contributed by atoms with Crippen LogP contribution in [0.4, 0.5) is 0 Å². The summed E-state index contributed by atoms with van der Waals surface area (Å²) in [7, 11) is 0. The van der Waals surface area contributed by atoms with Crippen molar-refractivity contribution in [2.75, 3.05) is 6.54 Å². The molecule has 0 bridgehead atoms. The maximum Gasteiger partial charge on any atom is 0.237 e. The molecular formula is C10H18N4O. The van der Waals surface area contributed by atoms with Crippen LogP contribution in [0.3, 0.4) is 0 Å². The zero-order valence-corrected chi connectivity index (χ0v) is 9.16. The summed E-state index contributed by atoms with van der Waals surface area (Å²) in [5.41, 5.74) is 6.70. The first-order chi connectivity index (χ1) is 7.11. The van der Waals surface area contributed by atoms with Crippen LogP contribution in [0.2, 0.25) is 0 Å². The van der Waals surface area contributed by atoms with Gasteiger partial charge in [-0.05, 0) is 5.92 Å². The average molecular weight is 210 g/mol. The summed E-state index contributed by atoms with van der Waals surface area (Å²) in [4.78, 5) is 18.3. The molecule has 5 nitrogen and oxygen atoms in total. The number of nitrogens with one attached hydrogen (secondary N) is 2. The summed E-state index contributed by atoms with van der Waals surface area (Å²) >= 11 is 0. The van der Waals surface area contributed by atoms with Gasteiger partial charge in [-0.2, -0.15) is 0 Å². The number of carbonyl (C=O) groups excluding carboxylic acids is 1. The molecule has 0 radical (unpaired) electrons. The van der Waals surface area contributed by atoms with E-state index in [0.29, 0.717) is 6.54 Å². The summed E-state index contributed by atoms with van der Waals surface area (Å²) in [6.07, 6.45) is 4.11. The summed E-state index contributed by atoms with van der Waals surface area (Å²) in [5.74, 6) is 0.0710. The first kappa shape index (κ1) is 11.7. The van der Waals surface area contributed by atoms with Gasteiger partial charge in [0.05, 0.1) is 12.4 Å².